The number of benzene rings is 1. The Bertz CT molecular complexity index is 432. The summed E-state index contributed by atoms with van der Waals surface area (Å²) in [6.07, 6.45) is 0.0875. The molecule has 1 aliphatic heterocycles. The summed E-state index contributed by atoms with van der Waals surface area (Å²) in [5, 5.41) is 0. The van der Waals surface area contributed by atoms with Crippen LogP contribution in [0.3, 0.4) is 0 Å². The van der Waals surface area contributed by atoms with E-state index in [1.165, 1.54) is 12.1 Å². The van der Waals surface area contributed by atoms with Crippen molar-refractivity contribution in [3.8, 4) is 0 Å². The summed E-state index contributed by atoms with van der Waals surface area (Å²) in [5.41, 5.74) is 0.404. The summed E-state index contributed by atoms with van der Waals surface area (Å²) in [4.78, 5) is 14.1. The van der Waals surface area contributed by atoms with Gasteiger partial charge in [0.1, 0.15) is 11.6 Å². The molecule has 0 saturated carbocycles. The van der Waals surface area contributed by atoms with Crippen molar-refractivity contribution in [2.75, 3.05) is 25.1 Å². The fourth-order valence-electron chi connectivity index (χ4n) is 2.06. The molecule has 1 aliphatic rings. The smallest absolute Gasteiger partial charge is 0.155 e. The number of Topliss-reactive ketones (excluding diaryl/α,β-unsaturated/α-hetero) is 1. The molecule has 0 amide bonds. The van der Waals surface area contributed by atoms with Gasteiger partial charge < -0.3 is 0 Å². The van der Waals surface area contributed by atoms with E-state index in [0.717, 1.165) is 24.1 Å². The fraction of sp³-hybridized carbons (Fsp3) is 0.462. The SMILES string of the molecule is CN1CCSCC1C(=O)Cc1cc(F)cc(F)c1. The molecule has 1 aromatic carbocycles. The Hall–Kier alpha value is -0.940. The van der Waals surface area contributed by atoms with Crippen LogP contribution in [0.15, 0.2) is 18.2 Å². The molecule has 0 spiro atoms. The molecule has 5 heteroatoms. The first-order chi connectivity index (χ1) is 8.56. The normalized spacial score (nSPS) is 20.9. The van der Waals surface area contributed by atoms with Gasteiger partial charge in [0.2, 0.25) is 0 Å². The van der Waals surface area contributed by atoms with Gasteiger partial charge in [0.15, 0.2) is 5.78 Å². The van der Waals surface area contributed by atoms with Crippen LogP contribution in [-0.4, -0.2) is 41.8 Å². The molecule has 0 aromatic heterocycles. The van der Waals surface area contributed by atoms with Gasteiger partial charge in [-0.15, -0.1) is 0 Å². The van der Waals surface area contributed by atoms with Gasteiger partial charge >= 0.3 is 0 Å². The van der Waals surface area contributed by atoms with Crippen LogP contribution in [0.2, 0.25) is 0 Å². The molecular formula is C13H15F2NOS. The molecule has 0 N–H and O–H groups in total. The van der Waals surface area contributed by atoms with Crippen molar-refractivity contribution < 1.29 is 13.6 Å². The van der Waals surface area contributed by atoms with Crippen molar-refractivity contribution >= 4 is 17.5 Å². The third-order valence-electron chi connectivity index (χ3n) is 3.07. The summed E-state index contributed by atoms with van der Waals surface area (Å²) < 4.78 is 26.1. The van der Waals surface area contributed by atoms with Gasteiger partial charge in [0, 0.05) is 30.5 Å². The highest BCUT2D eigenvalue weighted by molar-refractivity contribution is 7.99. The van der Waals surface area contributed by atoms with Crippen LogP contribution in [0.1, 0.15) is 5.56 Å². The van der Waals surface area contributed by atoms with E-state index in [9.17, 15) is 13.6 Å². The molecule has 1 atom stereocenters. The third-order valence-corrected chi connectivity index (χ3v) is 4.09. The van der Waals surface area contributed by atoms with Crippen LogP contribution < -0.4 is 0 Å². The average molecular weight is 271 g/mol. The Morgan fingerprint density at radius 2 is 2.06 bits per heavy atom. The number of carbonyl (C=O) groups excluding carboxylic acids is 1. The minimum Gasteiger partial charge on any atom is -0.298 e. The molecular weight excluding hydrogens is 256 g/mol. The molecule has 1 saturated heterocycles. The molecule has 0 aliphatic carbocycles. The van der Waals surface area contributed by atoms with Crippen LogP contribution >= 0.6 is 11.8 Å². The number of halogens is 2. The maximum Gasteiger partial charge on any atom is 0.155 e. The number of rotatable bonds is 3. The van der Waals surface area contributed by atoms with Crippen LogP contribution in [0, 0.1) is 11.6 Å². The number of hydrogen-bond acceptors (Lipinski definition) is 3. The van der Waals surface area contributed by atoms with Crippen molar-refractivity contribution in [3.63, 3.8) is 0 Å². The van der Waals surface area contributed by atoms with E-state index < -0.39 is 11.6 Å². The minimum atomic E-state index is -0.635. The average Bonchev–Trinajstić information content (AvgIpc) is 2.27. The topological polar surface area (TPSA) is 20.3 Å². The van der Waals surface area contributed by atoms with Gasteiger partial charge in [-0.2, -0.15) is 11.8 Å². The molecule has 0 bridgehead atoms. The fourth-order valence-corrected chi connectivity index (χ4v) is 3.30. The van der Waals surface area contributed by atoms with Crippen LogP contribution in [0.5, 0.6) is 0 Å². The predicted octanol–water partition coefficient (Wildman–Crippen LogP) is 2.12. The zero-order chi connectivity index (χ0) is 13.1. The quantitative estimate of drug-likeness (QED) is 0.840. The number of carbonyl (C=O) groups is 1. The first-order valence-corrected chi connectivity index (χ1v) is 6.97. The Balaban J connectivity index is 2.06. The Morgan fingerprint density at radius 3 is 2.67 bits per heavy atom. The lowest BCUT2D eigenvalue weighted by Crippen LogP contribution is -2.45. The first-order valence-electron chi connectivity index (χ1n) is 5.82. The monoisotopic (exact) mass is 271 g/mol. The van der Waals surface area contributed by atoms with Gasteiger partial charge in [-0.3, -0.25) is 9.69 Å². The predicted molar refractivity (Wildman–Crippen MR) is 68.8 cm³/mol. The highest BCUT2D eigenvalue weighted by Gasteiger charge is 2.26. The van der Waals surface area contributed by atoms with Gasteiger partial charge in [0.25, 0.3) is 0 Å². The third kappa shape index (κ3) is 3.29. The van der Waals surface area contributed by atoms with E-state index >= 15 is 0 Å². The van der Waals surface area contributed by atoms with Crippen molar-refractivity contribution in [1.82, 2.24) is 4.90 Å². The molecule has 18 heavy (non-hydrogen) atoms. The molecule has 1 heterocycles. The van der Waals surface area contributed by atoms with Crippen molar-refractivity contribution in [3.05, 3.63) is 35.4 Å². The van der Waals surface area contributed by atoms with Gasteiger partial charge in [0.05, 0.1) is 6.04 Å². The summed E-state index contributed by atoms with van der Waals surface area (Å²) in [6, 6.07) is 3.11. The molecule has 0 radical (unpaired) electrons. The second-order valence-corrected chi connectivity index (χ2v) is 5.64. The second kappa shape index (κ2) is 5.80. The Morgan fingerprint density at radius 1 is 1.39 bits per heavy atom. The zero-order valence-electron chi connectivity index (χ0n) is 10.2. The molecule has 1 fully saturated rings. The van der Waals surface area contributed by atoms with E-state index in [0.29, 0.717) is 5.56 Å². The van der Waals surface area contributed by atoms with Gasteiger partial charge in [-0.05, 0) is 24.7 Å². The molecule has 2 nitrogen and oxygen atoms in total. The first kappa shape index (κ1) is 13.5. The maximum absolute atomic E-state index is 13.0. The summed E-state index contributed by atoms with van der Waals surface area (Å²) in [7, 11) is 1.91. The maximum atomic E-state index is 13.0. The van der Waals surface area contributed by atoms with Crippen molar-refractivity contribution in [2.24, 2.45) is 0 Å². The standard InChI is InChI=1S/C13H15F2NOS/c1-16-2-3-18-8-12(16)13(17)6-9-4-10(14)7-11(15)5-9/h4-5,7,12H,2-3,6,8H2,1H3. The highest BCUT2D eigenvalue weighted by atomic mass is 32.2. The summed E-state index contributed by atoms with van der Waals surface area (Å²) in [6.45, 7) is 0.874. The minimum absolute atomic E-state index is 0.0229. The Kier molecular flexibility index (Phi) is 4.35. The summed E-state index contributed by atoms with van der Waals surface area (Å²) >= 11 is 1.74. The second-order valence-electron chi connectivity index (χ2n) is 4.49. The lowest BCUT2D eigenvalue weighted by atomic mass is 10.0. The Labute approximate surface area is 109 Å². The largest absolute Gasteiger partial charge is 0.298 e. The van der Waals surface area contributed by atoms with E-state index in [1.54, 1.807) is 11.8 Å². The number of hydrogen-bond donors (Lipinski definition) is 0. The lowest BCUT2D eigenvalue weighted by Gasteiger charge is -2.30. The number of ketones is 1. The molecule has 98 valence electrons. The van der Waals surface area contributed by atoms with Gasteiger partial charge in [-0.1, -0.05) is 0 Å². The van der Waals surface area contributed by atoms with Gasteiger partial charge in [-0.25, -0.2) is 8.78 Å². The molecule has 1 unspecified atom stereocenters. The van der Waals surface area contributed by atoms with Crippen LogP contribution in [-0.2, 0) is 11.2 Å². The highest BCUT2D eigenvalue weighted by Crippen LogP contribution is 2.17. The van der Waals surface area contributed by atoms with Crippen molar-refractivity contribution in [2.45, 2.75) is 12.5 Å². The van der Waals surface area contributed by atoms with E-state index in [4.69, 9.17) is 0 Å². The molecule has 1 aromatic rings. The molecule has 2 rings (SSSR count). The lowest BCUT2D eigenvalue weighted by molar-refractivity contribution is -0.122. The van der Waals surface area contributed by atoms with Crippen LogP contribution in [0.4, 0.5) is 8.78 Å². The van der Waals surface area contributed by atoms with E-state index in [1.807, 2.05) is 11.9 Å². The van der Waals surface area contributed by atoms with Crippen LogP contribution in [0.25, 0.3) is 0 Å². The zero-order valence-corrected chi connectivity index (χ0v) is 11.0. The summed E-state index contributed by atoms with van der Waals surface area (Å²) in [5.74, 6) is 0.533. The number of nitrogens with zero attached hydrogens (tertiary/aromatic N) is 1. The van der Waals surface area contributed by atoms with E-state index in [2.05, 4.69) is 0 Å². The van der Waals surface area contributed by atoms with Crippen molar-refractivity contribution in [1.29, 1.82) is 0 Å². The number of likely N-dealkylation sites (N-methyl/N-ethyl adjacent to an activating group) is 1. The van der Waals surface area contributed by atoms with E-state index in [-0.39, 0.29) is 18.2 Å². The number of thioether (sulfide) groups is 1.